The molecule has 4 rings (SSSR count). The first kappa shape index (κ1) is 15.5. The Balaban J connectivity index is 1.93. The molecule has 0 aliphatic heterocycles. The summed E-state index contributed by atoms with van der Waals surface area (Å²) in [4.78, 5) is 28.3. The molecule has 0 fully saturated rings. The van der Waals surface area contributed by atoms with Crippen molar-refractivity contribution in [2.75, 3.05) is 0 Å². The van der Waals surface area contributed by atoms with Crippen LogP contribution >= 0.6 is 11.3 Å². The van der Waals surface area contributed by atoms with E-state index in [0.717, 1.165) is 27.7 Å². The van der Waals surface area contributed by atoms with E-state index in [4.69, 9.17) is 0 Å². The van der Waals surface area contributed by atoms with Gasteiger partial charge in [-0.05, 0) is 54.8 Å². The molecule has 0 aliphatic carbocycles. The number of hydrogen-bond donors (Lipinski definition) is 0. The summed E-state index contributed by atoms with van der Waals surface area (Å²) < 4.78 is 2.19. The van der Waals surface area contributed by atoms with Crippen LogP contribution in [-0.2, 0) is 0 Å². The molecule has 0 saturated carbocycles. The monoisotopic (exact) mass is 351 g/mol. The van der Waals surface area contributed by atoms with Gasteiger partial charge in [-0.15, -0.1) is 0 Å². The predicted molar refractivity (Wildman–Crippen MR) is 98.2 cm³/mol. The molecular weight excluding hydrogens is 338 g/mol. The number of nitrogens with zero attached hydrogens (tertiary/aromatic N) is 3. The van der Waals surface area contributed by atoms with Crippen LogP contribution < -0.4 is 10.1 Å². The van der Waals surface area contributed by atoms with Gasteiger partial charge in [0.15, 0.2) is 4.96 Å². The number of thiazole rings is 1. The van der Waals surface area contributed by atoms with Gasteiger partial charge in [0.05, 0.1) is 20.5 Å². The second-order valence-electron chi connectivity index (χ2n) is 5.94. The van der Waals surface area contributed by atoms with E-state index >= 15 is 0 Å². The average Bonchev–Trinajstić information content (AvgIpc) is 3.06. The van der Waals surface area contributed by atoms with Crippen molar-refractivity contribution in [1.82, 2.24) is 9.38 Å². The van der Waals surface area contributed by atoms with Crippen molar-refractivity contribution in [3.63, 3.8) is 0 Å². The Kier molecular flexibility index (Phi) is 3.40. The lowest BCUT2D eigenvalue weighted by atomic mass is 10.1. The number of non-ortho nitro benzene ring substituents is 1. The van der Waals surface area contributed by atoms with Crippen molar-refractivity contribution in [1.29, 1.82) is 0 Å². The summed E-state index contributed by atoms with van der Waals surface area (Å²) in [7, 11) is 0. The topological polar surface area (TPSA) is 77.5 Å². The highest BCUT2D eigenvalue weighted by Crippen LogP contribution is 2.21. The Morgan fingerprint density at radius 1 is 1.20 bits per heavy atom. The van der Waals surface area contributed by atoms with Crippen LogP contribution in [0.25, 0.3) is 22.1 Å². The summed E-state index contributed by atoms with van der Waals surface area (Å²) in [5.74, 6) is 0. The van der Waals surface area contributed by atoms with E-state index in [1.165, 1.54) is 23.5 Å². The molecule has 0 N–H and O–H groups in total. The normalized spacial score (nSPS) is 12.3. The first-order valence-electron chi connectivity index (χ1n) is 7.62. The lowest BCUT2D eigenvalue weighted by Gasteiger charge is -1.97. The molecule has 0 saturated heterocycles. The molecule has 4 aromatic rings. The highest BCUT2D eigenvalue weighted by molar-refractivity contribution is 7.15. The van der Waals surface area contributed by atoms with Crippen LogP contribution in [0, 0.1) is 24.0 Å². The smallest absolute Gasteiger partial charge is 0.267 e. The standard InChI is InChI=1S/C18H13N3O3S/c1-10-7-11(2)16-14(8-10)20-17(22)15(25-18(20)19-16)9-12-3-5-13(6-4-12)21(23)24/h3-9H,1-2H3/b15-9-. The van der Waals surface area contributed by atoms with Crippen LogP contribution in [0.4, 0.5) is 5.69 Å². The van der Waals surface area contributed by atoms with Crippen LogP contribution in [0.15, 0.2) is 41.2 Å². The number of hydrogen-bond acceptors (Lipinski definition) is 5. The number of aromatic nitrogens is 2. The third-order valence-corrected chi connectivity index (χ3v) is 5.05. The molecular formula is C18H13N3O3S. The van der Waals surface area contributed by atoms with Crippen molar-refractivity contribution in [2.24, 2.45) is 0 Å². The Morgan fingerprint density at radius 3 is 2.60 bits per heavy atom. The number of nitro groups is 1. The summed E-state index contributed by atoms with van der Waals surface area (Å²) in [6, 6.07) is 10.1. The quantitative estimate of drug-likeness (QED) is 0.411. The minimum atomic E-state index is -0.446. The van der Waals surface area contributed by atoms with Gasteiger partial charge in [-0.25, -0.2) is 9.38 Å². The molecule has 25 heavy (non-hydrogen) atoms. The molecule has 6 nitrogen and oxygen atoms in total. The molecule has 124 valence electrons. The van der Waals surface area contributed by atoms with Crippen LogP contribution in [0.1, 0.15) is 16.7 Å². The van der Waals surface area contributed by atoms with Crippen LogP contribution in [0.5, 0.6) is 0 Å². The zero-order chi connectivity index (χ0) is 17.7. The maximum absolute atomic E-state index is 12.8. The summed E-state index contributed by atoms with van der Waals surface area (Å²) in [6.07, 6.45) is 1.74. The number of imidazole rings is 1. The zero-order valence-corrected chi connectivity index (χ0v) is 14.3. The van der Waals surface area contributed by atoms with Gasteiger partial charge >= 0.3 is 0 Å². The maximum Gasteiger partial charge on any atom is 0.274 e. The van der Waals surface area contributed by atoms with Gasteiger partial charge in [-0.3, -0.25) is 14.9 Å². The Morgan fingerprint density at radius 2 is 1.92 bits per heavy atom. The fourth-order valence-corrected chi connectivity index (χ4v) is 3.93. The summed E-state index contributed by atoms with van der Waals surface area (Å²) in [5.41, 5.74) is 4.43. The first-order chi connectivity index (χ1) is 11.9. The zero-order valence-electron chi connectivity index (χ0n) is 13.5. The van der Waals surface area contributed by atoms with Crippen molar-refractivity contribution >= 4 is 39.1 Å². The van der Waals surface area contributed by atoms with E-state index < -0.39 is 4.92 Å². The predicted octanol–water partition coefficient (Wildman–Crippen LogP) is 2.98. The third kappa shape index (κ3) is 2.49. The number of fused-ring (bicyclic) bond motifs is 3. The molecule has 2 aromatic heterocycles. The minimum Gasteiger partial charge on any atom is -0.267 e. The SMILES string of the molecule is Cc1cc(C)c2nc3s/c(=C\c4ccc([N+](=O)[O-])cc4)c(=O)n3c2c1. The fourth-order valence-electron chi connectivity index (χ4n) is 2.95. The van der Waals surface area contributed by atoms with E-state index in [1.54, 1.807) is 22.6 Å². The largest absolute Gasteiger partial charge is 0.274 e. The summed E-state index contributed by atoms with van der Waals surface area (Å²) >= 11 is 1.32. The van der Waals surface area contributed by atoms with Crippen LogP contribution in [-0.4, -0.2) is 14.3 Å². The van der Waals surface area contributed by atoms with Gasteiger partial charge in [0.2, 0.25) is 0 Å². The van der Waals surface area contributed by atoms with E-state index in [9.17, 15) is 14.9 Å². The summed E-state index contributed by atoms with van der Waals surface area (Å²) in [6.45, 7) is 3.98. The lowest BCUT2D eigenvalue weighted by molar-refractivity contribution is -0.384. The van der Waals surface area contributed by atoms with Crippen molar-refractivity contribution < 1.29 is 4.92 Å². The van der Waals surface area contributed by atoms with Crippen LogP contribution in [0.2, 0.25) is 0 Å². The number of aryl methyl sites for hydroxylation is 2. The molecule has 0 spiro atoms. The second kappa shape index (κ2) is 5.49. The van der Waals surface area contributed by atoms with E-state index in [1.807, 2.05) is 26.0 Å². The van der Waals surface area contributed by atoms with Gasteiger partial charge in [-0.2, -0.15) is 0 Å². The van der Waals surface area contributed by atoms with E-state index in [-0.39, 0.29) is 11.2 Å². The molecule has 0 bridgehead atoms. The molecule has 0 radical (unpaired) electrons. The van der Waals surface area contributed by atoms with Crippen molar-refractivity contribution in [3.05, 3.63) is 78.1 Å². The molecule has 0 amide bonds. The van der Waals surface area contributed by atoms with Gasteiger partial charge in [0.1, 0.15) is 0 Å². The average molecular weight is 351 g/mol. The van der Waals surface area contributed by atoms with Gasteiger partial charge in [0, 0.05) is 12.1 Å². The minimum absolute atomic E-state index is 0.0254. The van der Waals surface area contributed by atoms with Gasteiger partial charge < -0.3 is 0 Å². The third-order valence-electron chi connectivity index (χ3n) is 4.08. The highest BCUT2D eigenvalue weighted by atomic mass is 32.1. The van der Waals surface area contributed by atoms with Crippen molar-refractivity contribution in [2.45, 2.75) is 13.8 Å². The molecule has 2 heterocycles. The van der Waals surface area contributed by atoms with E-state index in [0.29, 0.717) is 9.49 Å². The van der Waals surface area contributed by atoms with Gasteiger partial charge in [0.25, 0.3) is 11.2 Å². The number of rotatable bonds is 2. The highest BCUT2D eigenvalue weighted by Gasteiger charge is 2.13. The Labute approximate surface area is 145 Å². The van der Waals surface area contributed by atoms with Crippen LogP contribution in [0.3, 0.4) is 0 Å². The first-order valence-corrected chi connectivity index (χ1v) is 8.44. The maximum atomic E-state index is 12.8. The molecule has 0 unspecified atom stereocenters. The number of benzene rings is 2. The Hall–Kier alpha value is -3.06. The molecule has 0 aliphatic rings. The number of nitro benzene ring substituents is 1. The second-order valence-corrected chi connectivity index (χ2v) is 6.95. The Bertz CT molecular complexity index is 1250. The molecule has 7 heteroatoms. The molecule has 2 aromatic carbocycles. The van der Waals surface area contributed by atoms with Crippen molar-refractivity contribution in [3.8, 4) is 0 Å². The lowest BCUT2D eigenvalue weighted by Crippen LogP contribution is -2.22. The molecule has 0 atom stereocenters. The van der Waals surface area contributed by atoms with Gasteiger partial charge in [-0.1, -0.05) is 17.4 Å². The fraction of sp³-hybridized carbons (Fsp3) is 0.111. The summed E-state index contributed by atoms with van der Waals surface area (Å²) in [5, 5.41) is 10.7. The van der Waals surface area contributed by atoms with E-state index in [2.05, 4.69) is 4.98 Å².